The summed E-state index contributed by atoms with van der Waals surface area (Å²) in [5.41, 5.74) is 0. The highest BCUT2D eigenvalue weighted by Gasteiger charge is 2.22. The van der Waals surface area contributed by atoms with E-state index >= 15 is 0 Å². The zero-order valence-corrected chi connectivity index (χ0v) is 10.2. The summed E-state index contributed by atoms with van der Waals surface area (Å²) in [4.78, 5) is 2.76. The number of rotatable bonds is 1. The van der Waals surface area contributed by atoms with Gasteiger partial charge in [0.15, 0.2) is 0 Å². The number of nitrogens with one attached hydrogen (secondary N) is 1. The Morgan fingerprint density at radius 2 is 1.80 bits per heavy atom. The summed E-state index contributed by atoms with van der Waals surface area (Å²) in [6.07, 6.45) is 8.77. The van der Waals surface area contributed by atoms with Gasteiger partial charge in [-0.05, 0) is 25.3 Å². The van der Waals surface area contributed by atoms with Crippen molar-refractivity contribution >= 4 is 0 Å². The van der Waals surface area contributed by atoms with Gasteiger partial charge in [-0.1, -0.05) is 32.6 Å². The summed E-state index contributed by atoms with van der Waals surface area (Å²) >= 11 is 0. The van der Waals surface area contributed by atoms with Gasteiger partial charge in [-0.3, -0.25) is 4.90 Å². The van der Waals surface area contributed by atoms with Crippen molar-refractivity contribution < 1.29 is 0 Å². The minimum absolute atomic E-state index is 0.829. The molecule has 1 atom stereocenters. The largest absolute Gasteiger partial charge is 0.315 e. The third-order valence-electron chi connectivity index (χ3n) is 3.96. The van der Waals surface area contributed by atoms with Crippen molar-refractivity contribution in [2.45, 2.75) is 51.5 Å². The van der Waals surface area contributed by atoms with Crippen LogP contribution < -0.4 is 5.32 Å². The highest BCUT2D eigenvalue weighted by atomic mass is 15.2. The molecule has 1 unspecified atom stereocenters. The van der Waals surface area contributed by atoms with Crippen molar-refractivity contribution in [1.82, 2.24) is 10.2 Å². The molecule has 1 aliphatic heterocycles. The van der Waals surface area contributed by atoms with Gasteiger partial charge >= 0.3 is 0 Å². The molecule has 2 heteroatoms. The lowest BCUT2D eigenvalue weighted by Crippen LogP contribution is -2.38. The number of hydrogen-bond acceptors (Lipinski definition) is 2. The summed E-state index contributed by atoms with van der Waals surface area (Å²) in [7, 11) is 0. The van der Waals surface area contributed by atoms with Crippen molar-refractivity contribution in [2.75, 3.05) is 26.2 Å². The summed E-state index contributed by atoms with van der Waals surface area (Å²) in [6, 6.07) is 0.898. The van der Waals surface area contributed by atoms with Crippen LogP contribution in [0.4, 0.5) is 0 Å². The molecule has 0 amide bonds. The molecule has 1 aliphatic carbocycles. The molecule has 1 saturated heterocycles. The molecule has 0 bridgehead atoms. The molecular formula is C13H26N2. The lowest BCUT2D eigenvalue weighted by Gasteiger charge is -2.31. The Labute approximate surface area is 94.4 Å². The summed E-state index contributed by atoms with van der Waals surface area (Å²) in [6.45, 7) is 7.37. The average molecular weight is 210 g/mol. The lowest BCUT2D eigenvalue weighted by atomic mass is 10.1. The maximum Gasteiger partial charge on any atom is 0.0110 e. The fraction of sp³-hybridized carbons (Fsp3) is 1.00. The van der Waals surface area contributed by atoms with Gasteiger partial charge in [-0.25, -0.2) is 0 Å². The minimum Gasteiger partial charge on any atom is -0.315 e. The standard InChI is InChI=1S/C13H26N2/c1-12-10-14-8-9-15(11-12)13-6-4-2-3-5-7-13/h12-14H,2-11H2,1H3. The van der Waals surface area contributed by atoms with E-state index < -0.39 is 0 Å². The molecule has 88 valence electrons. The fourth-order valence-electron chi connectivity index (χ4n) is 3.08. The van der Waals surface area contributed by atoms with Gasteiger partial charge < -0.3 is 5.32 Å². The van der Waals surface area contributed by atoms with Crippen LogP contribution in [-0.4, -0.2) is 37.1 Å². The monoisotopic (exact) mass is 210 g/mol. The molecule has 2 fully saturated rings. The Morgan fingerprint density at radius 1 is 1.07 bits per heavy atom. The molecule has 2 aliphatic rings. The minimum atomic E-state index is 0.829. The second-order valence-electron chi connectivity index (χ2n) is 5.45. The quantitative estimate of drug-likeness (QED) is 0.668. The number of hydrogen-bond donors (Lipinski definition) is 1. The lowest BCUT2D eigenvalue weighted by molar-refractivity contribution is 0.173. The van der Waals surface area contributed by atoms with Crippen LogP contribution in [0.2, 0.25) is 0 Å². The van der Waals surface area contributed by atoms with Crippen molar-refractivity contribution in [3.8, 4) is 0 Å². The van der Waals surface area contributed by atoms with E-state index in [1.165, 1.54) is 64.7 Å². The predicted octanol–water partition coefficient (Wildman–Crippen LogP) is 2.25. The smallest absolute Gasteiger partial charge is 0.0110 e. The second kappa shape index (κ2) is 5.86. The third kappa shape index (κ3) is 3.46. The summed E-state index contributed by atoms with van der Waals surface area (Å²) < 4.78 is 0. The van der Waals surface area contributed by atoms with Gasteiger partial charge in [0.05, 0.1) is 0 Å². The van der Waals surface area contributed by atoms with Crippen LogP contribution in [0.5, 0.6) is 0 Å². The molecule has 0 spiro atoms. The first-order valence-electron chi connectivity index (χ1n) is 6.81. The maximum atomic E-state index is 3.54. The Balaban J connectivity index is 1.88. The van der Waals surface area contributed by atoms with Crippen molar-refractivity contribution in [1.29, 1.82) is 0 Å². The van der Waals surface area contributed by atoms with E-state index in [1.807, 2.05) is 0 Å². The molecule has 0 radical (unpaired) electrons. The van der Waals surface area contributed by atoms with Crippen molar-refractivity contribution in [3.05, 3.63) is 0 Å². The van der Waals surface area contributed by atoms with Gasteiger partial charge in [-0.15, -0.1) is 0 Å². The van der Waals surface area contributed by atoms with Gasteiger partial charge in [-0.2, -0.15) is 0 Å². The van der Waals surface area contributed by atoms with Crippen LogP contribution in [0, 0.1) is 5.92 Å². The molecule has 2 nitrogen and oxygen atoms in total. The zero-order valence-electron chi connectivity index (χ0n) is 10.2. The first-order chi connectivity index (χ1) is 7.36. The molecule has 15 heavy (non-hydrogen) atoms. The highest BCUT2D eigenvalue weighted by Crippen LogP contribution is 2.22. The van der Waals surface area contributed by atoms with Crippen LogP contribution in [0.3, 0.4) is 0 Å². The number of nitrogens with zero attached hydrogens (tertiary/aromatic N) is 1. The second-order valence-corrected chi connectivity index (χ2v) is 5.45. The predicted molar refractivity (Wildman–Crippen MR) is 65.1 cm³/mol. The van der Waals surface area contributed by atoms with Gasteiger partial charge in [0.25, 0.3) is 0 Å². The van der Waals surface area contributed by atoms with Crippen LogP contribution in [0.15, 0.2) is 0 Å². The Morgan fingerprint density at radius 3 is 2.53 bits per heavy atom. The Kier molecular flexibility index (Phi) is 4.45. The van der Waals surface area contributed by atoms with E-state index in [4.69, 9.17) is 0 Å². The average Bonchev–Trinajstić information content (AvgIpc) is 2.59. The molecule has 2 rings (SSSR count). The molecule has 0 aromatic heterocycles. The van der Waals surface area contributed by atoms with Crippen molar-refractivity contribution in [3.63, 3.8) is 0 Å². The van der Waals surface area contributed by atoms with Crippen LogP contribution >= 0.6 is 0 Å². The van der Waals surface area contributed by atoms with Crippen LogP contribution in [0.25, 0.3) is 0 Å². The van der Waals surface area contributed by atoms with E-state index in [0.29, 0.717) is 0 Å². The van der Waals surface area contributed by atoms with E-state index in [2.05, 4.69) is 17.1 Å². The molecule has 0 aromatic rings. The molecule has 1 heterocycles. The van der Waals surface area contributed by atoms with Crippen LogP contribution in [0.1, 0.15) is 45.4 Å². The van der Waals surface area contributed by atoms with Crippen molar-refractivity contribution in [2.24, 2.45) is 5.92 Å². The fourth-order valence-corrected chi connectivity index (χ4v) is 3.08. The van der Waals surface area contributed by atoms with Gasteiger partial charge in [0, 0.05) is 25.7 Å². The van der Waals surface area contributed by atoms with E-state index in [-0.39, 0.29) is 0 Å². The van der Waals surface area contributed by atoms with E-state index in [1.54, 1.807) is 0 Å². The molecule has 0 aromatic carbocycles. The van der Waals surface area contributed by atoms with E-state index in [9.17, 15) is 0 Å². The van der Waals surface area contributed by atoms with E-state index in [0.717, 1.165) is 12.0 Å². The summed E-state index contributed by atoms with van der Waals surface area (Å²) in [5, 5.41) is 3.54. The third-order valence-corrected chi connectivity index (χ3v) is 3.96. The Hall–Kier alpha value is -0.0800. The normalized spacial score (nSPS) is 32.2. The summed E-state index contributed by atoms with van der Waals surface area (Å²) in [5.74, 6) is 0.829. The zero-order chi connectivity index (χ0) is 10.5. The van der Waals surface area contributed by atoms with Crippen LogP contribution in [-0.2, 0) is 0 Å². The SMILES string of the molecule is CC1CNCCN(C2CCCCCC2)C1. The maximum absolute atomic E-state index is 3.54. The molecule has 1 N–H and O–H groups in total. The highest BCUT2D eigenvalue weighted by molar-refractivity contribution is 4.79. The topological polar surface area (TPSA) is 15.3 Å². The molecule has 1 saturated carbocycles. The Bertz CT molecular complexity index is 173. The molecular weight excluding hydrogens is 184 g/mol. The van der Waals surface area contributed by atoms with Gasteiger partial charge in [0.1, 0.15) is 0 Å². The first-order valence-corrected chi connectivity index (χ1v) is 6.81. The first kappa shape index (κ1) is 11.4. The van der Waals surface area contributed by atoms with Gasteiger partial charge in [0.2, 0.25) is 0 Å².